The van der Waals surface area contributed by atoms with Gasteiger partial charge in [0.25, 0.3) is 0 Å². The molecule has 2 saturated heterocycles. The Labute approximate surface area is 114 Å². The van der Waals surface area contributed by atoms with E-state index in [2.05, 4.69) is 25.2 Å². The van der Waals surface area contributed by atoms with Crippen LogP contribution in [0.5, 0.6) is 0 Å². The third-order valence-electron chi connectivity index (χ3n) is 4.13. The van der Waals surface area contributed by atoms with Crippen LogP contribution in [0.2, 0.25) is 0 Å². The third-order valence-corrected chi connectivity index (χ3v) is 4.13. The Morgan fingerprint density at radius 3 is 3.00 bits per heavy atom. The van der Waals surface area contributed by atoms with Crippen molar-refractivity contribution >= 4 is 5.91 Å². The fourth-order valence-corrected chi connectivity index (χ4v) is 2.84. The zero-order valence-electron chi connectivity index (χ0n) is 11.8. The fourth-order valence-electron chi connectivity index (χ4n) is 2.84. The minimum atomic E-state index is -0.367. The Balaban J connectivity index is 2.12. The molecule has 2 heterocycles. The second-order valence-electron chi connectivity index (χ2n) is 6.02. The summed E-state index contributed by atoms with van der Waals surface area (Å²) in [6.07, 6.45) is 3.39. The van der Waals surface area contributed by atoms with Gasteiger partial charge in [0.2, 0.25) is 5.91 Å². The van der Waals surface area contributed by atoms with Crippen molar-refractivity contribution in [2.24, 2.45) is 0 Å². The summed E-state index contributed by atoms with van der Waals surface area (Å²) in [4.78, 5) is 14.5. The summed E-state index contributed by atoms with van der Waals surface area (Å²) in [7, 11) is 0. The predicted molar refractivity (Wildman–Crippen MR) is 71.4 cm³/mol. The Bertz CT molecular complexity index is 369. The van der Waals surface area contributed by atoms with E-state index in [0.29, 0.717) is 6.54 Å². The third kappa shape index (κ3) is 3.26. The number of rotatable bonds is 3. The monoisotopic (exact) mass is 265 g/mol. The smallest absolute Gasteiger partial charge is 0.241 e. The van der Waals surface area contributed by atoms with Crippen LogP contribution in [0.4, 0.5) is 0 Å². The number of carbonyl (C=O) groups is 1. The lowest BCUT2D eigenvalue weighted by molar-refractivity contribution is -0.139. The maximum Gasteiger partial charge on any atom is 0.241 e. The topological polar surface area (TPSA) is 65.4 Å². The molecule has 1 amide bonds. The second-order valence-corrected chi connectivity index (χ2v) is 6.02. The van der Waals surface area contributed by atoms with E-state index in [1.807, 2.05) is 4.90 Å². The lowest BCUT2D eigenvalue weighted by Gasteiger charge is -2.39. The van der Waals surface area contributed by atoms with Crippen molar-refractivity contribution in [1.29, 1.82) is 5.26 Å². The first-order chi connectivity index (χ1) is 9.04. The minimum Gasteiger partial charge on any atom is -0.376 e. The van der Waals surface area contributed by atoms with E-state index in [-0.39, 0.29) is 30.0 Å². The molecule has 0 saturated carbocycles. The van der Waals surface area contributed by atoms with Crippen LogP contribution >= 0.6 is 0 Å². The molecular weight excluding hydrogens is 242 g/mol. The van der Waals surface area contributed by atoms with Gasteiger partial charge >= 0.3 is 0 Å². The summed E-state index contributed by atoms with van der Waals surface area (Å²) in [6.45, 7) is 6.40. The van der Waals surface area contributed by atoms with Crippen molar-refractivity contribution < 1.29 is 9.53 Å². The molecule has 2 atom stereocenters. The van der Waals surface area contributed by atoms with Crippen molar-refractivity contribution in [3.8, 4) is 6.07 Å². The molecule has 5 nitrogen and oxygen atoms in total. The van der Waals surface area contributed by atoms with Crippen molar-refractivity contribution in [2.45, 2.75) is 57.2 Å². The minimum absolute atomic E-state index is 0.0413. The molecule has 5 heteroatoms. The van der Waals surface area contributed by atoms with Gasteiger partial charge in [-0.05, 0) is 39.7 Å². The van der Waals surface area contributed by atoms with Crippen LogP contribution in [0.25, 0.3) is 0 Å². The van der Waals surface area contributed by atoms with Crippen LogP contribution in [0.3, 0.4) is 0 Å². The summed E-state index contributed by atoms with van der Waals surface area (Å²) in [5.74, 6) is 0.0413. The van der Waals surface area contributed by atoms with E-state index in [1.54, 1.807) is 0 Å². The molecule has 0 bridgehead atoms. The Morgan fingerprint density at radius 1 is 1.58 bits per heavy atom. The highest BCUT2D eigenvalue weighted by molar-refractivity contribution is 5.83. The molecule has 2 fully saturated rings. The van der Waals surface area contributed by atoms with Crippen LogP contribution in [0.15, 0.2) is 0 Å². The van der Waals surface area contributed by atoms with Gasteiger partial charge in [-0.1, -0.05) is 0 Å². The van der Waals surface area contributed by atoms with E-state index in [1.165, 1.54) is 0 Å². The first-order valence-corrected chi connectivity index (χ1v) is 7.08. The number of hydrogen-bond acceptors (Lipinski definition) is 4. The van der Waals surface area contributed by atoms with Crippen molar-refractivity contribution in [1.82, 2.24) is 10.2 Å². The van der Waals surface area contributed by atoms with Gasteiger partial charge in [0.1, 0.15) is 0 Å². The molecule has 1 N–H and O–H groups in total. The van der Waals surface area contributed by atoms with Gasteiger partial charge in [0.05, 0.1) is 24.6 Å². The highest BCUT2D eigenvalue weighted by Gasteiger charge is 2.39. The first kappa shape index (κ1) is 14.3. The van der Waals surface area contributed by atoms with Crippen LogP contribution in [-0.2, 0) is 9.53 Å². The average molecular weight is 265 g/mol. The van der Waals surface area contributed by atoms with Gasteiger partial charge in [-0.2, -0.15) is 5.26 Å². The van der Waals surface area contributed by atoms with Crippen molar-refractivity contribution in [3.05, 3.63) is 0 Å². The van der Waals surface area contributed by atoms with Crippen LogP contribution in [0, 0.1) is 11.3 Å². The highest BCUT2D eigenvalue weighted by atomic mass is 16.5. The second kappa shape index (κ2) is 5.89. The normalized spacial score (nSPS) is 31.0. The van der Waals surface area contributed by atoms with Crippen LogP contribution in [0.1, 0.15) is 39.5 Å². The molecule has 0 spiro atoms. The number of nitrogens with one attached hydrogen (secondary N) is 1. The molecule has 0 aromatic heterocycles. The molecule has 0 aliphatic carbocycles. The summed E-state index contributed by atoms with van der Waals surface area (Å²) < 4.78 is 5.65. The van der Waals surface area contributed by atoms with E-state index in [0.717, 1.165) is 32.4 Å². The zero-order chi connectivity index (χ0) is 13.9. The predicted octanol–water partition coefficient (Wildman–Crippen LogP) is 1.05. The summed E-state index contributed by atoms with van der Waals surface area (Å²) >= 11 is 0. The number of nitrogens with zero attached hydrogens (tertiary/aromatic N) is 2. The van der Waals surface area contributed by atoms with Gasteiger partial charge in [-0.3, -0.25) is 4.79 Å². The molecule has 19 heavy (non-hydrogen) atoms. The fraction of sp³-hybridized carbons (Fsp3) is 0.857. The SMILES string of the molecule is CC1(C)CCNC(CC#N)C(=O)N1CC1CCCO1. The van der Waals surface area contributed by atoms with Gasteiger partial charge in [0, 0.05) is 18.7 Å². The van der Waals surface area contributed by atoms with Crippen molar-refractivity contribution in [3.63, 3.8) is 0 Å². The molecule has 0 aromatic carbocycles. The quantitative estimate of drug-likeness (QED) is 0.828. The maximum absolute atomic E-state index is 12.6. The van der Waals surface area contributed by atoms with Gasteiger partial charge < -0.3 is 15.0 Å². The largest absolute Gasteiger partial charge is 0.376 e. The van der Waals surface area contributed by atoms with Gasteiger partial charge in [-0.15, -0.1) is 0 Å². The number of amides is 1. The number of hydrogen-bond donors (Lipinski definition) is 1. The lowest BCUT2D eigenvalue weighted by atomic mass is 9.97. The first-order valence-electron chi connectivity index (χ1n) is 7.08. The van der Waals surface area contributed by atoms with E-state index in [9.17, 15) is 4.79 Å². The number of ether oxygens (including phenoxy) is 1. The Kier molecular flexibility index (Phi) is 4.43. The molecule has 2 aliphatic rings. The molecule has 2 rings (SSSR count). The van der Waals surface area contributed by atoms with Crippen LogP contribution < -0.4 is 5.32 Å². The molecule has 2 aliphatic heterocycles. The number of carbonyl (C=O) groups excluding carboxylic acids is 1. The molecular formula is C14H23N3O2. The van der Waals surface area contributed by atoms with Crippen molar-refractivity contribution in [2.75, 3.05) is 19.7 Å². The molecule has 2 unspecified atom stereocenters. The summed E-state index contributed by atoms with van der Waals surface area (Å²) in [5.41, 5.74) is -0.180. The van der Waals surface area contributed by atoms with E-state index < -0.39 is 0 Å². The van der Waals surface area contributed by atoms with E-state index >= 15 is 0 Å². The molecule has 0 radical (unpaired) electrons. The number of nitriles is 1. The van der Waals surface area contributed by atoms with Gasteiger partial charge in [0.15, 0.2) is 0 Å². The Morgan fingerprint density at radius 2 is 2.37 bits per heavy atom. The standard InChI is InChI=1S/C14H23N3O2/c1-14(2)6-8-16-12(5-7-15)13(18)17(14)10-11-4-3-9-19-11/h11-12,16H,3-6,8-10H2,1-2H3. The molecule has 106 valence electrons. The Hall–Kier alpha value is -1.12. The van der Waals surface area contributed by atoms with Gasteiger partial charge in [-0.25, -0.2) is 0 Å². The van der Waals surface area contributed by atoms with E-state index in [4.69, 9.17) is 10.00 Å². The summed E-state index contributed by atoms with van der Waals surface area (Å²) in [5, 5.41) is 12.0. The highest BCUT2D eigenvalue weighted by Crippen LogP contribution is 2.25. The summed E-state index contributed by atoms with van der Waals surface area (Å²) in [6, 6.07) is 1.73. The lowest BCUT2D eigenvalue weighted by Crippen LogP contribution is -2.53. The maximum atomic E-state index is 12.6. The zero-order valence-corrected chi connectivity index (χ0v) is 11.8. The molecule has 0 aromatic rings. The van der Waals surface area contributed by atoms with Crippen LogP contribution in [-0.4, -0.2) is 48.2 Å². The average Bonchev–Trinajstić information content (AvgIpc) is 2.83.